The maximum atomic E-state index is 11.6. The first-order valence-electron chi connectivity index (χ1n) is 8.27. The molecule has 126 valence electrons. The van der Waals surface area contributed by atoms with Crippen molar-refractivity contribution in [2.45, 2.75) is 25.9 Å². The standard InChI is InChI=1S/C21H19NO3/c23-20-11-10-18-13-16(8-9-19(18)14-20)7-4-12-22-21(24)25-15-17-5-2-1-3-6-17/h1-3,5-6,8-9,13H,10-12,14-15H2,(H,22,24). The first kappa shape index (κ1) is 16.8. The zero-order valence-electron chi connectivity index (χ0n) is 13.9. The van der Waals surface area contributed by atoms with Crippen LogP contribution in [0.25, 0.3) is 0 Å². The predicted molar refractivity (Wildman–Crippen MR) is 95.0 cm³/mol. The van der Waals surface area contributed by atoms with E-state index in [2.05, 4.69) is 17.2 Å². The Morgan fingerprint density at radius 3 is 2.76 bits per heavy atom. The molecule has 0 aliphatic heterocycles. The number of rotatable bonds is 3. The third kappa shape index (κ3) is 4.95. The van der Waals surface area contributed by atoms with Gasteiger partial charge in [0.25, 0.3) is 0 Å². The molecular weight excluding hydrogens is 314 g/mol. The molecule has 0 saturated heterocycles. The Kier molecular flexibility index (Phi) is 5.48. The lowest BCUT2D eigenvalue weighted by atomic mass is 9.90. The van der Waals surface area contributed by atoms with Crippen LogP contribution in [0.15, 0.2) is 48.5 Å². The van der Waals surface area contributed by atoms with Crippen LogP contribution < -0.4 is 5.32 Å². The van der Waals surface area contributed by atoms with Crippen molar-refractivity contribution in [3.63, 3.8) is 0 Å². The van der Waals surface area contributed by atoms with Crippen LogP contribution in [0.4, 0.5) is 4.79 Å². The number of hydrogen-bond acceptors (Lipinski definition) is 3. The Bertz CT molecular complexity index is 831. The Morgan fingerprint density at radius 2 is 1.92 bits per heavy atom. The molecule has 3 rings (SSSR count). The average Bonchev–Trinajstić information content (AvgIpc) is 2.64. The highest BCUT2D eigenvalue weighted by molar-refractivity contribution is 5.83. The number of hydrogen-bond donors (Lipinski definition) is 1. The molecule has 2 aromatic carbocycles. The van der Waals surface area contributed by atoms with E-state index < -0.39 is 6.09 Å². The number of ether oxygens (including phenoxy) is 1. The third-order valence-corrected chi connectivity index (χ3v) is 4.03. The molecule has 0 bridgehead atoms. The van der Waals surface area contributed by atoms with E-state index in [0.717, 1.165) is 23.1 Å². The summed E-state index contributed by atoms with van der Waals surface area (Å²) >= 11 is 0. The minimum absolute atomic E-state index is 0.225. The predicted octanol–water partition coefficient (Wildman–Crippen LogP) is 3.02. The summed E-state index contributed by atoms with van der Waals surface area (Å²) in [5.41, 5.74) is 4.13. The quantitative estimate of drug-likeness (QED) is 0.879. The third-order valence-electron chi connectivity index (χ3n) is 4.03. The highest BCUT2D eigenvalue weighted by atomic mass is 16.5. The molecule has 1 aliphatic carbocycles. The van der Waals surface area contributed by atoms with Gasteiger partial charge in [-0.1, -0.05) is 48.2 Å². The lowest BCUT2D eigenvalue weighted by Crippen LogP contribution is -2.24. The summed E-state index contributed by atoms with van der Waals surface area (Å²) in [6, 6.07) is 15.4. The molecule has 1 N–H and O–H groups in total. The van der Waals surface area contributed by atoms with Crippen LogP contribution in [-0.4, -0.2) is 18.4 Å². The number of carbonyl (C=O) groups excluding carboxylic acids is 2. The van der Waals surface area contributed by atoms with E-state index in [9.17, 15) is 9.59 Å². The van der Waals surface area contributed by atoms with Crippen LogP contribution in [0, 0.1) is 11.8 Å². The molecule has 0 aromatic heterocycles. The van der Waals surface area contributed by atoms with Crippen molar-refractivity contribution in [2.75, 3.05) is 6.54 Å². The Balaban J connectivity index is 1.46. The lowest BCUT2D eigenvalue weighted by molar-refractivity contribution is -0.118. The van der Waals surface area contributed by atoms with Gasteiger partial charge in [-0.25, -0.2) is 4.79 Å². The second-order valence-electron chi connectivity index (χ2n) is 5.92. The lowest BCUT2D eigenvalue weighted by Gasteiger charge is -2.14. The summed E-state index contributed by atoms with van der Waals surface area (Å²) < 4.78 is 5.12. The summed E-state index contributed by atoms with van der Waals surface area (Å²) in [6.45, 7) is 0.465. The molecule has 1 aliphatic rings. The molecule has 2 aromatic rings. The van der Waals surface area contributed by atoms with Crippen molar-refractivity contribution in [2.24, 2.45) is 0 Å². The molecule has 0 saturated carbocycles. The minimum Gasteiger partial charge on any atom is -0.445 e. The van der Waals surface area contributed by atoms with Gasteiger partial charge < -0.3 is 10.1 Å². The Labute approximate surface area is 147 Å². The molecule has 0 atom stereocenters. The maximum absolute atomic E-state index is 11.6. The molecule has 0 unspecified atom stereocenters. The SMILES string of the molecule is O=C1CCc2cc(C#CCNC(=O)OCc3ccccc3)ccc2C1. The maximum Gasteiger partial charge on any atom is 0.408 e. The molecule has 0 radical (unpaired) electrons. The normalized spacial score (nSPS) is 12.6. The number of ketones is 1. The zero-order chi connectivity index (χ0) is 17.5. The fourth-order valence-corrected chi connectivity index (χ4v) is 2.72. The van der Waals surface area contributed by atoms with E-state index in [4.69, 9.17) is 4.74 Å². The number of fused-ring (bicyclic) bond motifs is 1. The average molecular weight is 333 g/mol. The van der Waals surface area contributed by atoms with E-state index in [1.807, 2.05) is 48.5 Å². The summed E-state index contributed by atoms with van der Waals surface area (Å²) in [4.78, 5) is 23.1. The number of aryl methyl sites for hydroxylation is 1. The number of amides is 1. The molecule has 4 heteroatoms. The summed E-state index contributed by atoms with van der Waals surface area (Å²) in [5.74, 6) is 6.24. The van der Waals surface area contributed by atoms with Gasteiger partial charge in [0.05, 0.1) is 6.54 Å². The van der Waals surface area contributed by atoms with Crippen LogP contribution >= 0.6 is 0 Å². The summed E-state index contributed by atoms with van der Waals surface area (Å²) in [7, 11) is 0. The number of alkyl carbamates (subject to hydrolysis) is 1. The van der Waals surface area contributed by atoms with Crippen LogP contribution in [0.5, 0.6) is 0 Å². The highest BCUT2D eigenvalue weighted by Gasteiger charge is 2.15. The second-order valence-corrected chi connectivity index (χ2v) is 5.92. The molecule has 0 fully saturated rings. The summed E-state index contributed by atoms with van der Waals surface area (Å²) in [6.07, 6.45) is 1.44. The summed E-state index contributed by atoms with van der Waals surface area (Å²) in [5, 5.41) is 2.61. The Morgan fingerprint density at radius 1 is 1.08 bits per heavy atom. The zero-order valence-corrected chi connectivity index (χ0v) is 13.9. The number of carbonyl (C=O) groups is 2. The van der Waals surface area contributed by atoms with E-state index >= 15 is 0 Å². The molecule has 4 nitrogen and oxygen atoms in total. The molecule has 0 heterocycles. The van der Waals surface area contributed by atoms with E-state index in [0.29, 0.717) is 18.6 Å². The van der Waals surface area contributed by atoms with E-state index in [1.165, 1.54) is 5.56 Å². The number of Topliss-reactive ketones (excluding diaryl/α,β-unsaturated/α-hetero) is 1. The van der Waals surface area contributed by atoms with E-state index in [1.54, 1.807) is 0 Å². The van der Waals surface area contributed by atoms with Gasteiger partial charge in [0.1, 0.15) is 12.4 Å². The molecule has 0 spiro atoms. The molecule has 1 amide bonds. The number of nitrogens with one attached hydrogen (secondary N) is 1. The monoisotopic (exact) mass is 333 g/mol. The van der Waals surface area contributed by atoms with Crippen molar-refractivity contribution in [3.8, 4) is 11.8 Å². The van der Waals surface area contributed by atoms with Crippen molar-refractivity contribution in [1.82, 2.24) is 5.32 Å². The van der Waals surface area contributed by atoms with Gasteiger partial charge in [-0.15, -0.1) is 0 Å². The van der Waals surface area contributed by atoms with Crippen LogP contribution in [-0.2, 0) is 29.0 Å². The number of benzene rings is 2. The van der Waals surface area contributed by atoms with Crippen molar-refractivity contribution in [1.29, 1.82) is 0 Å². The van der Waals surface area contributed by atoms with Crippen LogP contribution in [0.3, 0.4) is 0 Å². The molecular formula is C21H19NO3. The van der Waals surface area contributed by atoms with Gasteiger partial charge in [0.15, 0.2) is 0 Å². The fraction of sp³-hybridized carbons (Fsp3) is 0.238. The van der Waals surface area contributed by atoms with Gasteiger partial charge in [-0.3, -0.25) is 4.79 Å². The van der Waals surface area contributed by atoms with Crippen molar-refractivity contribution in [3.05, 3.63) is 70.8 Å². The topological polar surface area (TPSA) is 55.4 Å². The van der Waals surface area contributed by atoms with E-state index in [-0.39, 0.29) is 13.2 Å². The van der Waals surface area contributed by atoms with Crippen molar-refractivity contribution >= 4 is 11.9 Å². The van der Waals surface area contributed by atoms with Crippen LogP contribution in [0.1, 0.15) is 28.7 Å². The largest absolute Gasteiger partial charge is 0.445 e. The van der Waals surface area contributed by atoms with Gasteiger partial charge in [-0.05, 0) is 35.2 Å². The first-order valence-corrected chi connectivity index (χ1v) is 8.27. The highest BCUT2D eigenvalue weighted by Crippen LogP contribution is 2.20. The minimum atomic E-state index is -0.484. The first-order chi connectivity index (χ1) is 12.2. The van der Waals surface area contributed by atoms with Gasteiger partial charge in [0, 0.05) is 18.4 Å². The van der Waals surface area contributed by atoms with Crippen LogP contribution in [0.2, 0.25) is 0 Å². The van der Waals surface area contributed by atoms with Gasteiger partial charge in [0.2, 0.25) is 0 Å². The smallest absolute Gasteiger partial charge is 0.408 e. The van der Waals surface area contributed by atoms with Gasteiger partial charge in [-0.2, -0.15) is 0 Å². The van der Waals surface area contributed by atoms with Crippen molar-refractivity contribution < 1.29 is 14.3 Å². The van der Waals surface area contributed by atoms with Gasteiger partial charge >= 0.3 is 6.09 Å². The second kappa shape index (κ2) is 8.16. The fourth-order valence-electron chi connectivity index (χ4n) is 2.72. The Hall–Kier alpha value is -3.06. The molecule has 25 heavy (non-hydrogen) atoms.